The van der Waals surface area contributed by atoms with E-state index in [1.165, 1.54) is 11.5 Å². The van der Waals surface area contributed by atoms with Crippen LogP contribution < -0.4 is 10.6 Å². The molecule has 0 spiro atoms. The van der Waals surface area contributed by atoms with Crippen molar-refractivity contribution in [3.05, 3.63) is 5.82 Å². The topological polar surface area (TPSA) is 58.3 Å². The van der Waals surface area contributed by atoms with Crippen LogP contribution in [-0.2, 0) is 5.41 Å². The highest BCUT2D eigenvalue weighted by Gasteiger charge is 2.26. The largest absolute Gasteiger partial charge is 0.392 e. The summed E-state index contributed by atoms with van der Waals surface area (Å²) in [6.07, 6.45) is 0. The van der Waals surface area contributed by atoms with Gasteiger partial charge in [-0.05, 0) is 6.92 Å². The molecule has 0 aliphatic carbocycles. The zero-order valence-electron chi connectivity index (χ0n) is 12.6. The maximum Gasteiger partial charge on any atom is 0.205 e. The molecular formula is C13H23N5S2. The van der Waals surface area contributed by atoms with Crippen LogP contribution in [0.2, 0.25) is 0 Å². The average molecular weight is 313 g/mol. The lowest BCUT2D eigenvalue weighted by Gasteiger charge is -2.37. The SMILES string of the molecule is CC(C(N)=S)N1CCN(c2nc(C(C)(C)C)ns2)CC1. The zero-order valence-corrected chi connectivity index (χ0v) is 14.2. The third-order valence-electron chi connectivity index (χ3n) is 3.63. The Bertz CT molecular complexity index is 471. The summed E-state index contributed by atoms with van der Waals surface area (Å²) in [7, 11) is 0. The number of rotatable bonds is 3. The highest BCUT2D eigenvalue weighted by atomic mass is 32.1. The molecule has 5 nitrogen and oxygen atoms in total. The van der Waals surface area contributed by atoms with E-state index in [0.717, 1.165) is 37.1 Å². The van der Waals surface area contributed by atoms with Gasteiger partial charge in [0.2, 0.25) is 5.13 Å². The Hall–Kier alpha value is -0.790. The number of nitrogens with zero attached hydrogens (tertiary/aromatic N) is 4. The molecule has 1 unspecified atom stereocenters. The first kappa shape index (κ1) is 15.6. The van der Waals surface area contributed by atoms with Crippen molar-refractivity contribution in [1.29, 1.82) is 0 Å². The van der Waals surface area contributed by atoms with Crippen molar-refractivity contribution in [3.8, 4) is 0 Å². The van der Waals surface area contributed by atoms with Gasteiger partial charge in [-0.25, -0.2) is 4.98 Å². The number of thiocarbonyl (C=S) groups is 1. The Morgan fingerprint density at radius 1 is 1.30 bits per heavy atom. The molecular weight excluding hydrogens is 290 g/mol. The smallest absolute Gasteiger partial charge is 0.205 e. The first-order valence-electron chi connectivity index (χ1n) is 6.91. The zero-order chi connectivity index (χ0) is 14.9. The number of aromatic nitrogens is 2. The van der Waals surface area contributed by atoms with E-state index in [1.54, 1.807) is 0 Å². The molecule has 1 aliphatic heterocycles. The number of anilines is 1. The van der Waals surface area contributed by atoms with E-state index in [0.29, 0.717) is 4.99 Å². The Morgan fingerprint density at radius 2 is 1.90 bits per heavy atom. The van der Waals surface area contributed by atoms with Gasteiger partial charge >= 0.3 is 0 Å². The molecule has 1 atom stereocenters. The average Bonchev–Trinajstić information content (AvgIpc) is 2.87. The van der Waals surface area contributed by atoms with E-state index >= 15 is 0 Å². The van der Waals surface area contributed by atoms with Crippen molar-refractivity contribution < 1.29 is 0 Å². The molecule has 2 N–H and O–H groups in total. The third kappa shape index (κ3) is 3.45. The van der Waals surface area contributed by atoms with Crippen LogP contribution in [-0.4, -0.2) is 51.5 Å². The van der Waals surface area contributed by atoms with Crippen LogP contribution in [0.3, 0.4) is 0 Å². The summed E-state index contributed by atoms with van der Waals surface area (Å²) in [4.78, 5) is 9.87. The molecule has 7 heteroatoms. The summed E-state index contributed by atoms with van der Waals surface area (Å²) in [6.45, 7) is 12.3. The molecule has 0 amide bonds. The lowest BCUT2D eigenvalue weighted by Crippen LogP contribution is -2.52. The molecule has 2 rings (SSSR count). The summed E-state index contributed by atoms with van der Waals surface area (Å²) in [5.41, 5.74) is 5.73. The predicted molar refractivity (Wildman–Crippen MR) is 88.6 cm³/mol. The Balaban J connectivity index is 1.97. The molecule has 112 valence electrons. The highest BCUT2D eigenvalue weighted by Crippen LogP contribution is 2.26. The maximum absolute atomic E-state index is 5.72. The van der Waals surface area contributed by atoms with Gasteiger partial charge in [0.1, 0.15) is 5.82 Å². The Kier molecular flexibility index (Phi) is 4.61. The molecule has 2 heterocycles. The minimum Gasteiger partial charge on any atom is -0.392 e. The van der Waals surface area contributed by atoms with Crippen LogP contribution in [0.1, 0.15) is 33.5 Å². The first-order valence-corrected chi connectivity index (χ1v) is 8.09. The molecule has 1 fully saturated rings. The summed E-state index contributed by atoms with van der Waals surface area (Å²) >= 11 is 6.56. The van der Waals surface area contributed by atoms with Gasteiger partial charge in [-0.15, -0.1) is 0 Å². The summed E-state index contributed by atoms with van der Waals surface area (Å²) in [5, 5.41) is 1.03. The van der Waals surface area contributed by atoms with Crippen LogP contribution in [0.5, 0.6) is 0 Å². The molecule has 1 aromatic heterocycles. The van der Waals surface area contributed by atoms with Gasteiger partial charge in [0.05, 0.1) is 11.0 Å². The minimum atomic E-state index is 0.0107. The summed E-state index contributed by atoms with van der Waals surface area (Å²) in [6, 6.07) is 0.173. The lowest BCUT2D eigenvalue weighted by molar-refractivity contribution is 0.239. The number of hydrogen-bond donors (Lipinski definition) is 1. The van der Waals surface area contributed by atoms with Gasteiger partial charge in [0, 0.05) is 43.1 Å². The van der Waals surface area contributed by atoms with E-state index in [2.05, 4.69) is 46.9 Å². The van der Waals surface area contributed by atoms with Crippen molar-refractivity contribution in [1.82, 2.24) is 14.3 Å². The minimum absolute atomic E-state index is 0.0107. The van der Waals surface area contributed by atoms with Crippen LogP contribution in [0, 0.1) is 0 Å². The van der Waals surface area contributed by atoms with Crippen LogP contribution in [0.4, 0.5) is 5.13 Å². The van der Waals surface area contributed by atoms with E-state index in [1.807, 2.05) is 0 Å². The second-order valence-electron chi connectivity index (χ2n) is 6.25. The summed E-state index contributed by atoms with van der Waals surface area (Å²) in [5.74, 6) is 0.927. The van der Waals surface area contributed by atoms with Gasteiger partial charge < -0.3 is 10.6 Å². The van der Waals surface area contributed by atoms with Crippen molar-refractivity contribution in [2.75, 3.05) is 31.1 Å². The molecule has 0 radical (unpaired) electrons. The fraction of sp³-hybridized carbons (Fsp3) is 0.769. The lowest BCUT2D eigenvalue weighted by atomic mass is 9.96. The van der Waals surface area contributed by atoms with Crippen molar-refractivity contribution in [2.45, 2.75) is 39.2 Å². The van der Waals surface area contributed by atoms with Crippen LogP contribution in [0.15, 0.2) is 0 Å². The van der Waals surface area contributed by atoms with E-state index in [4.69, 9.17) is 18.0 Å². The number of hydrogen-bond acceptors (Lipinski definition) is 6. The van der Waals surface area contributed by atoms with Gasteiger partial charge in [0.25, 0.3) is 0 Å². The monoisotopic (exact) mass is 313 g/mol. The quantitative estimate of drug-likeness (QED) is 0.856. The second-order valence-corrected chi connectivity index (χ2v) is 7.45. The van der Waals surface area contributed by atoms with Crippen molar-refractivity contribution in [3.63, 3.8) is 0 Å². The number of nitrogens with two attached hydrogens (primary N) is 1. The van der Waals surface area contributed by atoms with Gasteiger partial charge in [-0.2, -0.15) is 4.37 Å². The van der Waals surface area contributed by atoms with E-state index in [9.17, 15) is 0 Å². The molecule has 1 aromatic rings. The van der Waals surface area contributed by atoms with E-state index in [-0.39, 0.29) is 11.5 Å². The van der Waals surface area contributed by atoms with E-state index < -0.39 is 0 Å². The van der Waals surface area contributed by atoms with Gasteiger partial charge in [-0.3, -0.25) is 4.90 Å². The van der Waals surface area contributed by atoms with Crippen LogP contribution in [0.25, 0.3) is 0 Å². The Labute approximate surface area is 130 Å². The molecule has 1 aliphatic rings. The molecule has 0 bridgehead atoms. The van der Waals surface area contributed by atoms with Crippen LogP contribution >= 0.6 is 23.8 Å². The van der Waals surface area contributed by atoms with Gasteiger partial charge in [0.15, 0.2) is 0 Å². The van der Waals surface area contributed by atoms with Crippen molar-refractivity contribution >= 4 is 33.9 Å². The summed E-state index contributed by atoms with van der Waals surface area (Å²) < 4.78 is 4.48. The Morgan fingerprint density at radius 3 is 2.35 bits per heavy atom. The second kappa shape index (κ2) is 5.91. The highest BCUT2D eigenvalue weighted by molar-refractivity contribution is 7.80. The van der Waals surface area contributed by atoms with Crippen molar-refractivity contribution in [2.24, 2.45) is 5.73 Å². The van der Waals surface area contributed by atoms with Gasteiger partial charge in [-0.1, -0.05) is 33.0 Å². The molecule has 0 aromatic carbocycles. The third-order valence-corrected chi connectivity index (χ3v) is 4.75. The normalized spacial score (nSPS) is 19.1. The number of piperazine rings is 1. The molecule has 1 saturated heterocycles. The standard InChI is InChI=1S/C13H23N5S2/c1-9(10(14)19)17-5-7-18(8-6-17)12-15-11(16-20-12)13(2,3)4/h9H,5-8H2,1-4H3,(H2,14,19). The molecule has 20 heavy (non-hydrogen) atoms. The maximum atomic E-state index is 5.72. The fourth-order valence-electron chi connectivity index (χ4n) is 2.13. The predicted octanol–water partition coefficient (Wildman–Crippen LogP) is 1.63. The fourth-order valence-corrected chi connectivity index (χ4v) is 3.19. The first-order chi connectivity index (χ1) is 9.29. The molecule has 0 saturated carbocycles.